The van der Waals surface area contributed by atoms with Crippen molar-refractivity contribution < 1.29 is 5.11 Å². The van der Waals surface area contributed by atoms with Gasteiger partial charge in [0.25, 0.3) is 0 Å². The molecule has 0 amide bonds. The SMILES string of the molecule is Cc1c(CO)ncn1-c1ccccc1. The van der Waals surface area contributed by atoms with E-state index in [2.05, 4.69) is 4.98 Å². The van der Waals surface area contributed by atoms with Gasteiger partial charge < -0.3 is 9.67 Å². The molecule has 0 radical (unpaired) electrons. The van der Waals surface area contributed by atoms with Crippen LogP contribution in [0.25, 0.3) is 5.69 Å². The van der Waals surface area contributed by atoms with Crippen LogP contribution in [0.15, 0.2) is 36.7 Å². The van der Waals surface area contributed by atoms with Crippen LogP contribution in [0.2, 0.25) is 0 Å². The van der Waals surface area contributed by atoms with E-state index in [4.69, 9.17) is 5.11 Å². The summed E-state index contributed by atoms with van der Waals surface area (Å²) in [5, 5.41) is 9.00. The molecule has 1 aromatic carbocycles. The van der Waals surface area contributed by atoms with E-state index in [1.807, 2.05) is 41.8 Å². The Morgan fingerprint density at radius 2 is 2.00 bits per heavy atom. The normalized spacial score (nSPS) is 10.4. The molecule has 0 fully saturated rings. The first-order valence-corrected chi connectivity index (χ1v) is 4.52. The number of imidazole rings is 1. The molecule has 0 saturated heterocycles. The van der Waals surface area contributed by atoms with Gasteiger partial charge in [-0.1, -0.05) is 18.2 Å². The number of hydrogen-bond donors (Lipinski definition) is 1. The topological polar surface area (TPSA) is 38.1 Å². The molecule has 1 aromatic heterocycles. The molecule has 0 unspecified atom stereocenters. The summed E-state index contributed by atoms with van der Waals surface area (Å²) in [7, 11) is 0. The third-order valence-electron chi connectivity index (χ3n) is 2.29. The molecule has 0 aliphatic rings. The summed E-state index contributed by atoms with van der Waals surface area (Å²) in [6.45, 7) is 1.94. The summed E-state index contributed by atoms with van der Waals surface area (Å²) in [6, 6.07) is 9.95. The van der Waals surface area contributed by atoms with Crippen LogP contribution in [-0.4, -0.2) is 14.7 Å². The fraction of sp³-hybridized carbons (Fsp3) is 0.182. The second-order valence-corrected chi connectivity index (χ2v) is 3.14. The summed E-state index contributed by atoms with van der Waals surface area (Å²) in [5.74, 6) is 0. The Morgan fingerprint density at radius 3 is 2.57 bits per heavy atom. The quantitative estimate of drug-likeness (QED) is 0.778. The highest BCUT2D eigenvalue weighted by Crippen LogP contribution is 2.13. The van der Waals surface area contributed by atoms with Gasteiger partial charge in [-0.25, -0.2) is 4.98 Å². The molecule has 0 aliphatic carbocycles. The van der Waals surface area contributed by atoms with Crippen LogP contribution in [0.3, 0.4) is 0 Å². The Bertz CT molecular complexity index is 420. The minimum Gasteiger partial charge on any atom is -0.390 e. The monoisotopic (exact) mass is 188 g/mol. The maximum atomic E-state index is 9.00. The third-order valence-corrected chi connectivity index (χ3v) is 2.29. The van der Waals surface area contributed by atoms with Crippen LogP contribution >= 0.6 is 0 Å². The minimum absolute atomic E-state index is 0.00827. The molecule has 0 spiro atoms. The van der Waals surface area contributed by atoms with Crippen molar-refractivity contribution in [2.45, 2.75) is 13.5 Å². The highest BCUT2D eigenvalue weighted by Gasteiger charge is 2.05. The van der Waals surface area contributed by atoms with Crippen LogP contribution in [0, 0.1) is 6.92 Å². The van der Waals surface area contributed by atoms with Gasteiger partial charge in [-0.2, -0.15) is 0 Å². The van der Waals surface area contributed by atoms with Crippen molar-refractivity contribution in [3.05, 3.63) is 48.0 Å². The molecule has 0 saturated carbocycles. The Hall–Kier alpha value is -1.61. The zero-order valence-electron chi connectivity index (χ0n) is 8.01. The number of aliphatic hydroxyl groups excluding tert-OH is 1. The smallest absolute Gasteiger partial charge is 0.0998 e. The lowest BCUT2D eigenvalue weighted by Crippen LogP contribution is -1.95. The lowest BCUT2D eigenvalue weighted by atomic mass is 10.3. The highest BCUT2D eigenvalue weighted by molar-refractivity contribution is 5.34. The maximum Gasteiger partial charge on any atom is 0.0998 e. The molecule has 0 bridgehead atoms. The van der Waals surface area contributed by atoms with Crippen molar-refractivity contribution in [2.24, 2.45) is 0 Å². The predicted molar refractivity (Wildman–Crippen MR) is 54.2 cm³/mol. The van der Waals surface area contributed by atoms with Crippen LogP contribution < -0.4 is 0 Å². The first kappa shape index (κ1) is 8.97. The van der Waals surface area contributed by atoms with E-state index in [-0.39, 0.29) is 6.61 Å². The summed E-state index contributed by atoms with van der Waals surface area (Å²) < 4.78 is 1.96. The van der Waals surface area contributed by atoms with Crippen molar-refractivity contribution in [3.63, 3.8) is 0 Å². The van der Waals surface area contributed by atoms with E-state index >= 15 is 0 Å². The second-order valence-electron chi connectivity index (χ2n) is 3.14. The standard InChI is InChI=1S/C11H12N2O/c1-9-11(7-14)12-8-13(9)10-5-3-2-4-6-10/h2-6,8,14H,7H2,1H3. The van der Waals surface area contributed by atoms with Crippen molar-refractivity contribution >= 4 is 0 Å². The summed E-state index contributed by atoms with van der Waals surface area (Å²) >= 11 is 0. The summed E-state index contributed by atoms with van der Waals surface area (Å²) in [5.41, 5.74) is 2.78. The maximum absolute atomic E-state index is 9.00. The van der Waals surface area contributed by atoms with E-state index in [1.54, 1.807) is 6.33 Å². The van der Waals surface area contributed by atoms with Crippen LogP contribution in [0.1, 0.15) is 11.4 Å². The zero-order chi connectivity index (χ0) is 9.97. The molecule has 14 heavy (non-hydrogen) atoms. The molecular weight excluding hydrogens is 176 g/mol. The molecule has 72 valence electrons. The predicted octanol–water partition coefficient (Wildman–Crippen LogP) is 1.67. The van der Waals surface area contributed by atoms with Crippen molar-refractivity contribution in [1.29, 1.82) is 0 Å². The van der Waals surface area contributed by atoms with E-state index in [0.29, 0.717) is 0 Å². The molecule has 2 rings (SSSR count). The first-order valence-electron chi connectivity index (χ1n) is 4.52. The van der Waals surface area contributed by atoms with Gasteiger partial charge in [0.15, 0.2) is 0 Å². The lowest BCUT2D eigenvalue weighted by Gasteiger charge is -2.04. The minimum atomic E-state index is -0.00827. The van der Waals surface area contributed by atoms with Crippen LogP contribution in [-0.2, 0) is 6.61 Å². The van der Waals surface area contributed by atoms with Gasteiger partial charge in [0, 0.05) is 11.4 Å². The largest absolute Gasteiger partial charge is 0.390 e. The van der Waals surface area contributed by atoms with Crippen LogP contribution in [0.4, 0.5) is 0 Å². The highest BCUT2D eigenvalue weighted by atomic mass is 16.3. The van der Waals surface area contributed by atoms with Gasteiger partial charge >= 0.3 is 0 Å². The Kier molecular flexibility index (Phi) is 2.33. The summed E-state index contributed by atoms with van der Waals surface area (Å²) in [6.07, 6.45) is 1.73. The zero-order valence-corrected chi connectivity index (χ0v) is 8.01. The first-order chi connectivity index (χ1) is 6.83. The fourth-order valence-electron chi connectivity index (χ4n) is 1.45. The summed E-state index contributed by atoms with van der Waals surface area (Å²) in [4.78, 5) is 4.12. The molecule has 1 heterocycles. The van der Waals surface area contributed by atoms with Crippen molar-refractivity contribution in [3.8, 4) is 5.69 Å². The van der Waals surface area contributed by atoms with Gasteiger partial charge in [0.05, 0.1) is 18.6 Å². The van der Waals surface area contributed by atoms with Crippen molar-refractivity contribution in [2.75, 3.05) is 0 Å². The van der Waals surface area contributed by atoms with Gasteiger partial charge in [-0.3, -0.25) is 0 Å². The van der Waals surface area contributed by atoms with Crippen LogP contribution in [0.5, 0.6) is 0 Å². The Labute approximate surface area is 82.7 Å². The second kappa shape index (κ2) is 3.64. The van der Waals surface area contributed by atoms with E-state index in [9.17, 15) is 0 Å². The molecule has 0 aliphatic heterocycles. The number of benzene rings is 1. The van der Waals surface area contributed by atoms with Gasteiger partial charge in [-0.05, 0) is 19.1 Å². The fourth-order valence-corrected chi connectivity index (χ4v) is 1.45. The molecular formula is C11H12N2O. The van der Waals surface area contributed by atoms with E-state index in [1.165, 1.54) is 0 Å². The van der Waals surface area contributed by atoms with E-state index in [0.717, 1.165) is 17.1 Å². The number of nitrogens with zero attached hydrogens (tertiary/aromatic N) is 2. The average molecular weight is 188 g/mol. The molecule has 3 heteroatoms. The van der Waals surface area contributed by atoms with Gasteiger partial charge in [0.2, 0.25) is 0 Å². The molecule has 3 nitrogen and oxygen atoms in total. The average Bonchev–Trinajstić information content (AvgIpc) is 2.61. The number of aliphatic hydroxyl groups is 1. The number of hydrogen-bond acceptors (Lipinski definition) is 2. The number of para-hydroxylation sites is 1. The number of rotatable bonds is 2. The third kappa shape index (κ3) is 1.42. The molecule has 1 N–H and O–H groups in total. The van der Waals surface area contributed by atoms with Gasteiger partial charge in [0.1, 0.15) is 0 Å². The number of aromatic nitrogens is 2. The Morgan fingerprint density at radius 1 is 1.29 bits per heavy atom. The molecule has 0 atom stereocenters. The van der Waals surface area contributed by atoms with Gasteiger partial charge in [-0.15, -0.1) is 0 Å². The van der Waals surface area contributed by atoms with E-state index < -0.39 is 0 Å². The van der Waals surface area contributed by atoms with Crippen molar-refractivity contribution in [1.82, 2.24) is 9.55 Å². The molecule has 2 aromatic rings. The lowest BCUT2D eigenvalue weighted by molar-refractivity contribution is 0.276. The Balaban J connectivity index is 2.48.